The molecule has 10 nitrogen and oxygen atoms in total. The van der Waals surface area contributed by atoms with E-state index in [4.69, 9.17) is 31.4 Å². The lowest BCUT2D eigenvalue weighted by Crippen LogP contribution is -2.33. The Balaban J connectivity index is 0.000000703. The number of unbranched alkanes of at least 4 members (excludes halogenated alkanes) is 1. The van der Waals surface area contributed by atoms with Gasteiger partial charge in [0.1, 0.15) is 11.1 Å². The molecule has 11 heteroatoms. The first-order valence-electron chi connectivity index (χ1n) is 9.16. The molecular weight excluding hydrogens is 430 g/mol. The molecule has 2 aromatic rings. The molecule has 0 saturated carbocycles. The number of aliphatic carboxylic acids is 2. The molecule has 31 heavy (non-hydrogen) atoms. The van der Waals surface area contributed by atoms with Crippen LogP contribution >= 0.6 is 11.6 Å². The maximum atomic E-state index is 12.7. The Morgan fingerprint density at radius 1 is 1.10 bits per heavy atom. The number of rotatable bonds is 8. The van der Waals surface area contributed by atoms with Gasteiger partial charge in [-0.05, 0) is 30.7 Å². The molecule has 1 unspecified atom stereocenters. The molecule has 0 fully saturated rings. The van der Waals surface area contributed by atoms with Crippen LogP contribution in [0.3, 0.4) is 0 Å². The van der Waals surface area contributed by atoms with Gasteiger partial charge in [-0.25, -0.2) is 9.59 Å². The highest BCUT2D eigenvalue weighted by molar-refractivity contribution is 6.32. The fraction of sp³-hybridized carbons (Fsp3) is 0.250. The van der Waals surface area contributed by atoms with Crippen LogP contribution in [-0.2, 0) is 14.4 Å². The molecule has 0 aliphatic heterocycles. The first-order valence-corrected chi connectivity index (χ1v) is 9.54. The first-order chi connectivity index (χ1) is 14.7. The van der Waals surface area contributed by atoms with Crippen molar-refractivity contribution in [1.82, 2.24) is 5.32 Å². The molecule has 1 amide bonds. The molecule has 166 valence electrons. The molecular formula is C20H22ClN3O7. The van der Waals surface area contributed by atoms with Crippen molar-refractivity contribution in [2.24, 2.45) is 0 Å². The minimum absolute atomic E-state index is 0.0312. The Morgan fingerprint density at radius 2 is 1.71 bits per heavy atom. The van der Waals surface area contributed by atoms with E-state index < -0.39 is 22.9 Å². The number of nitro groups is 1. The van der Waals surface area contributed by atoms with Gasteiger partial charge in [-0.15, -0.1) is 0 Å². The molecule has 0 heterocycles. The number of carbonyl (C=O) groups is 3. The van der Waals surface area contributed by atoms with Gasteiger partial charge in [-0.3, -0.25) is 14.9 Å². The van der Waals surface area contributed by atoms with E-state index in [2.05, 4.69) is 17.6 Å². The zero-order valence-electron chi connectivity index (χ0n) is 16.6. The number of benzene rings is 2. The van der Waals surface area contributed by atoms with Gasteiger partial charge in [0.2, 0.25) is 5.91 Å². The lowest BCUT2D eigenvalue weighted by molar-refractivity contribution is -0.384. The third kappa shape index (κ3) is 8.81. The number of nitrogens with zero attached hydrogens (tertiary/aromatic N) is 1. The molecule has 0 aromatic heterocycles. The van der Waals surface area contributed by atoms with E-state index in [0.29, 0.717) is 12.2 Å². The Morgan fingerprint density at radius 3 is 2.23 bits per heavy atom. The summed E-state index contributed by atoms with van der Waals surface area (Å²) in [7, 11) is 0. The fourth-order valence-corrected chi connectivity index (χ4v) is 2.56. The number of carboxylic acids is 2. The second-order valence-electron chi connectivity index (χ2n) is 6.17. The summed E-state index contributed by atoms with van der Waals surface area (Å²) in [5.41, 5.74) is 0.925. The van der Waals surface area contributed by atoms with Gasteiger partial charge >= 0.3 is 11.9 Å². The van der Waals surface area contributed by atoms with Crippen molar-refractivity contribution >= 4 is 40.8 Å². The number of carboxylic acid groups (broad SMARTS) is 2. The number of anilines is 1. The van der Waals surface area contributed by atoms with Gasteiger partial charge in [0.25, 0.3) is 5.69 Å². The Bertz CT molecular complexity index is 910. The van der Waals surface area contributed by atoms with Crippen LogP contribution in [0.5, 0.6) is 0 Å². The van der Waals surface area contributed by atoms with E-state index in [1.807, 2.05) is 30.3 Å². The normalized spacial score (nSPS) is 10.9. The number of amides is 1. The number of nitrogens with one attached hydrogen (secondary N) is 2. The monoisotopic (exact) mass is 451 g/mol. The van der Waals surface area contributed by atoms with Gasteiger partial charge in [-0.1, -0.05) is 55.3 Å². The lowest BCUT2D eigenvalue weighted by atomic mass is 10.1. The zero-order chi connectivity index (χ0) is 23.4. The SMILES string of the molecule is CCCCNC(C(=O)Nc1ccc(Cl)c([N+](=O)[O-])c1)c1ccccc1.O=C(O)C(=O)O. The Hall–Kier alpha value is -3.50. The standard InChI is InChI=1S/C18H20ClN3O3.C2H2O4/c1-2-3-11-20-17(13-7-5-4-6-8-13)18(23)21-14-9-10-15(19)16(12-14)22(24)25;3-1(4)2(5)6/h4-10,12,17,20H,2-3,11H2,1H3,(H,21,23);(H,3,4)(H,5,6). The smallest absolute Gasteiger partial charge is 0.414 e. The van der Waals surface area contributed by atoms with Crippen molar-refractivity contribution in [3.05, 3.63) is 69.2 Å². The molecule has 0 bridgehead atoms. The molecule has 0 saturated heterocycles. The second kappa shape index (κ2) is 12.9. The van der Waals surface area contributed by atoms with Crippen LogP contribution < -0.4 is 10.6 Å². The molecule has 0 radical (unpaired) electrons. The predicted octanol–water partition coefficient (Wildman–Crippen LogP) is 3.47. The number of nitro benzene ring substituents is 1. The molecule has 4 N–H and O–H groups in total. The average molecular weight is 452 g/mol. The summed E-state index contributed by atoms with van der Waals surface area (Å²) in [4.78, 5) is 41.3. The molecule has 0 aliphatic carbocycles. The summed E-state index contributed by atoms with van der Waals surface area (Å²) >= 11 is 5.80. The zero-order valence-corrected chi connectivity index (χ0v) is 17.3. The Labute approximate surface area is 183 Å². The summed E-state index contributed by atoms with van der Waals surface area (Å²) in [5, 5.41) is 31.8. The highest BCUT2D eigenvalue weighted by Crippen LogP contribution is 2.28. The van der Waals surface area contributed by atoms with Crippen molar-refractivity contribution in [2.75, 3.05) is 11.9 Å². The van der Waals surface area contributed by atoms with Crippen molar-refractivity contribution in [2.45, 2.75) is 25.8 Å². The molecule has 0 spiro atoms. The van der Waals surface area contributed by atoms with Crippen molar-refractivity contribution in [1.29, 1.82) is 0 Å². The van der Waals surface area contributed by atoms with Crippen LogP contribution in [0.25, 0.3) is 0 Å². The molecule has 0 aliphatic rings. The third-order valence-corrected chi connectivity index (χ3v) is 4.19. The number of hydrogen-bond acceptors (Lipinski definition) is 6. The lowest BCUT2D eigenvalue weighted by Gasteiger charge is -2.19. The second-order valence-corrected chi connectivity index (χ2v) is 6.58. The van der Waals surface area contributed by atoms with Gasteiger partial charge in [-0.2, -0.15) is 0 Å². The molecule has 2 rings (SSSR count). The summed E-state index contributed by atoms with van der Waals surface area (Å²) in [6.07, 6.45) is 1.96. The number of hydrogen-bond donors (Lipinski definition) is 4. The van der Waals surface area contributed by atoms with Crippen LogP contribution in [0.15, 0.2) is 48.5 Å². The highest BCUT2D eigenvalue weighted by Gasteiger charge is 2.21. The van der Waals surface area contributed by atoms with Gasteiger partial charge in [0.15, 0.2) is 0 Å². The topological polar surface area (TPSA) is 159 Å². The summed E-state index contributed by atoms with van der Waals surface area (Å²) in [5.74, 6) is -3.93. The van der Waals surface area contributed by atoms with E-state index >= 15 is 0 Å². The van der Waals surface area contributed by atoms with Crippen LogP contribution in [0.1, 0.15) is 31.4 Å². The van der Waals surface area contributed by atoms with Crippen LogP contribution in [0, 0.1) is 10.1 Å². The van der Waals surface area contributed by atoms with E-state index in [-0.39, 0.29) is 16.6 Å². The van der Waals surface area contributed by atoms with Crippen LogP contribution in [0.4, 0.5) is 11.4 Å². The van der Waals surface area contributed by atoms with E-state index in [0.717, 1.165) is 18.4 Å². The first kappa shape index (κ1) is 25.5. The maximum absolute atomic E-state index is 12.7. The third-order valence-electron chi connectivity index (χ3n) is 3.87. The predicted molar refractivity (Wildman–Crippen MR) is 114 cm³/mol. The summed E-state index contributed by atoms with van der Waals surface area (Å²) in [6, 6.07) is 13.0. The van der Waals surface area contributed by atoms with Crippen LogP contribution in [0.2, 0.25) is 5.02 Å². The largest absolute Gasteiger partial charge is 0.473 e. The minimum Gasteiger partial charge on any atom is -0.473 e. The van der Waals surface area contributed by atoms with Crippen molar-refractivity contribution in [3.8, 4) is 0 Å². The number of carbonyl (C=O) groups excluding carboxylic acids is 1. The summed E-state index contributed by atoms with van der Waals surface area (Å²) in [6.45, 7) is 2.77. The highest BCUT2D eigenvalue weighted by atomic mass is 35.5. The van der Waals surface area contributed by atoms with Crippen molar-refractivity contribution in [3.63, 3.8) is 0 Å². The van der Waals surface area contributed by atoms with E-state index in [9.17, 15) is 14.9 Å². The maximum Gasteiger partial charge on any atom is 0.414 e. The molecule has 1 atom stereocenters. The fourth-order valence-electron chi connectivity index (χ4n) is 2.38. The van der Waals surface area contributed by atoms with Gasteiger partial charge in [0.05, 0.1) is 4.92 Å². The van der Waals surface area contributed by atoms with Gasteiger partial charge < -0.3 is 20.8 Å². The summed E-state index contributed by atoms with van der Waals surface area (Å²) < 4.78 is 0. The number of halogens is 1. The molecule has 2 aromatic carbocycles. The minimum atomic E-state index is -1.82. The van der Waals surface area contributed by atoms with Crippen LogP contribution in [-0.4, -0.2) is 39.5 Å². The van der Waals surface area contributed by atoms with E-state index in [1.54, 1.807) is 6.07 Å². The Kier molecular flexibility index (Phi) is 10.7. The van der Waals surface area contributed by atoms with E-state index in [1.165, 1.54) is 12.1 Å². The van der Waals surface area contributed by atoms with Crippen molar-refractivity contribution < 1.29 is 29.5 Å². The average Bonchev–Trinajstić information content (AvgIpc) is 2.73. The van der Waals surface area contributed by atoms with Gasteiger partial charge in [0, 0.05) is 11.8 Å². The quantitative estimate of drug-likeness (QED) is 0.205.